The van der Waals surface area contributed by atoms with Gasteiger partial charge in [-0.25, -0.2) is 0 Å². The van der Waals surface area contributed by atoms with Crippen molar-refractivity contribution >= 4 is 40.7 Å². The minimum Gasteiger partial charge on any atom is -0.298 e. The van der Waals surface area contributed by atoms with Gasteiger partial charge in [-0.05, 0) is 36.8 Å². The fourth-order valence-electron chi connectivity index (χ4n) is 1.73. The van der Waals surface area contributed by atoms with Crippen LogP contribution >= 0.6 is 35.0 Å². The molecule has 0 aliphatic heterocycles. The molecule has 0 aliphatic carbocycles. The Bertz CT molecular complexity index is 608. The molecule has 2 aromatic rings. The molecule has 0 radical (unpaired) electrons. The molecule has 0 amide bonds. The van der Waals surface area contributed by atoms with Crippen LogP contribution in [0.4, 0.5) is 0 Å². The van der Waals surface area contributed by atoms with Crippen molar-refractivity contribution in [3.63, 3.8) is 0 Å². The molecule has 0 N–H and O–H groups in total. The summed E-state index contributed by atoms with van der Waals surface area (Å²) in [5.74, 6) is 0.637. The highest BCUT2D eigenvalue weighted by Crippen LogP contribution is 2.23. The maximum atomic E-state index is 12.0. The first kappa shape index (κ1) is 15.4. The Morgan fingerprint density at radius 2 is 1.75 bits per heavy atom. The molecule has 0 saturated carbocycles. The van der Waals surface area contributed by atoms with Gasteiger partial charge in [-0.15, -0.1) is 11.8 Å². The number of carbonyl (C=O) groups is 1. The Kier molecular flexibility index (Phi) is 5.53. The summed E-state index contributed by atoms with van der Waals surface area (Å²) in [7, 11) is 0. The van der Waals surface area contributed by atoms with Crippen LogP contribution in [0.15, 0.2) is 47.4 Å². The quantitative estimate of drug-likeness (QED) is 0.702. The highest BCUT2D eigenvalue weighted by Gasteiger charge is 2.07. The first-order chi connectivity index (χ1) is 9.54. The summed E-state index contributed by atoms with van der Waals surface area (Å²) in [4.78, 5) is 13.1. The number of ketones is 1. The van der Waals surface area contributed by atoms with E-state index in [1.807, 2.05) is 37.3 Å². The van der Waals surface area contributed by atoms with Gasteiger partial charge in [-0.1, -0.05) is 47.0 Å². The molecule has 2 rings (SSSR count). The zero-order chi connectivity index (χ0) is 14.5. The second-order valence-electron chi connectivity index (χ2n) is 4.57. The molecular formula is C16H14Cl2OS. The molecule has 4 heteroatoms. The van der Waals surface area contributed by atoms with Crippen LogP contribution in [0.25, 0.3) is 0 Å². The molecule has 0 bridgehead atoms. The lowest BCUT2D eigenvalue weighted by atomic mass is 10.1. The second kappa shape index (κ2) is 7.16. The van der Waals surface area contributed by atoms with Crippen LogP contribution in [0.5, 0.6) is 0 Å². The molecule has 1 nitrogen and oxygen atoms in total. The fraction of sp³-hybridized carbons (Fsp3) is 0.188. The molecule has 104 valence electrons. The highest BCUT2D eigenvalue weighted by molar-refractivity contribution is 8.00. The van der Waals surface area contributed by atoms with E-state index in [9.17, 15) is 4.79 Å². The van der Waals surface area contributed by atoms with Crippen molar-refractivity contribution in [3.8, 4) is 0 Å². The first-order valence-electron chi connectivity index (χ1n) is 6.19. The lowest BCUT2D eigenvalue weighted by Gasteiger charge is -2.04. The van der Waals surface area contributed by atoms with E-state index < -0.39 is 0 Å². The first-order valence-corrected chi connectivity index (χ1v) is 7.94. The minimum absolute atomic E-state index is 0.175. The number of aryl methyl sites for hydroxylation is 1. The zero-order valence-corrected chi connectivity index (χ0v) is 13.4. The Labute approximate surface area is 133 Å². The molecular weight excluding hydrogens is 311 g/mol. The van der Waals surface area contributed by atoms with Crippen molar-refractivity contribution in [1.29, 1.82) is 0 Å². The van der Waals surface area contributed by atoms with Crippen molar-refractivity contribution in [2.24, 2.45) is 0 Å². The van der Waals surface area contributed by atoms with Gasteiger partial charge in [0, 0.05) is 11.3 Å². The van der Waals surface area contributed by atoms with Crippen LogP contribution in [-0.2, 0) is 11.2 Å². The monoisotopic (exact) mass is 324 g/mol. The summed E-state index contributed by atoms with van der Waals surface area (Å²) in [6.45, 7) is 2.05. The van der Waals surface area contributed by atoms with E-state index in [-0.39, 0.29) is 5.78 Å². The van der Waals surface area contributed by atoms with E-state index in [0.717, 1.165) is 10.5 Å². The SMILES string of the molecule is Cc1ccc(SCC(=O)Cc2ccc(Cl)c(Cl)c2)cc1. The van der Waals surface area contributed by atoms with Gasteiger partial charge in [0.25, 0.3) is 0 Å². The molecule has 0 atom stereocenters. The van der Waals surface area contributed by atoms with Crippen molar-refractivity contribution in [1.82, 2.24) is 0 Å². The van der Waals surface area contributed by atoms with E-state index in [2.05, 4.69) is 0 Å². The van der Waals surface area contributed by atoms with Gasteiger partial charge in [0.15, 0.2) is 0 Å². The van der Waals surface area contributed by atoms with Gasteiger partial charge in [0.05, 0.1) is 15.8 Å². The van der Waals surface area contributed by atoms with Crippen LogP contribution < -0.4 is 0 Å². The van der Waals surface area contributed by atoms with Crippen LogP contribution in [0.1, 0.15) is 11.1 Å². The average molecular weight is 325 g/mol. The van der Waals surface area contributed by atoms with Gasteiger partial charge >= 0.3 is 0 Å². The van der Waals surface area contributed by atoms with Gasteiger partial charge in [0.2, 0.25) is 0 Å². The number of Topliss-reactive ketones (excluding diaryl/α,β-unsaturated/α-hetero) is 1. The number of hydrogen-bond acceptors (Lipinski definition) is 2. The zero-order valence-electron chi connectivity index (χ0n) is 11.0. The Hall–Kier alpha value is -0.960. The number of hydrogen-bond donors (Lipinski definition) is 0. The number of halogens is 2. The third-order valence-corrected chi connectivity index (χ3v) is 4.62. The summed E-state index contributed by atoms with van der Waals surface area (Å²) in [5.41, 5.74) is 2.12. The van der Waals surface area contributed by atoms with Crippen LogP contribution in [0.2, 0.25) is 10.0 Å². The van der Waals surface area contributed by atoms with Gasteiger partial charge in [-0.2, -0.15) is 0 Å². The highest BCUT2D eigenvalue weighted by atomic mass is 35.5. The maximum Gasteiger partial charge on any atom is 0.147 e. The Morgan fingerprint density at radius 3 is 2.40 bits per heavy atom. The molecule has 0 fully saturated rings. The molecule has 0 spiro atoms. The van der Waals surface area contributed by atoms with E-state index in [1.54, 1.807) is 23.9 Å². The molecule has 20 heavy (non-hydrogen) atoms. The number of benzene rings is 2. The summed E-state index contributed by atoms with van der Waals surface area (Å²) in [6.07, 6.45) is 0.385. The number of thioether (sulfide) groups is 1. The second-order valence-corrected chi connectivity index (χ2v) is 6.43. The Morgan fingerprint density at radius 1 is 1.05 bits per heavy atom. The largest absolute Gasteiger partial charge is 0.298 e. The smallest absolute Gasteiger partial charge is 0.147 e. The van der Waals surface area contributed by atoms with Gasteiger partial charge in [-0.3, -0.25) is 4.79 Å². The molecule has 0 saturated heterocycles. The lowest BCUT2D eigenvalue weighted by Crippen LogP contribution is -2.05. The molecule has 0 heterocycles. The number of carbonyl (C=O) groups excluding carboxylic acids is 1. The Balaban J connectivity index is 1.89. The van der Waals surface area contributed by atoms with E-state index in [4.69, 9.17) is 23.2 Å². The molecule has 0 unspecified atom stereocenters. The normalized spacial score (nSPS) is 10.6. The predicted octanol–water partition coefficient (Wildman–Crippen LogP) is 5.21. The van der Waals surface area contributed by atoms with Gasteiger partial charge in [0.1, 0.15) is 5.78 Å². The molecule has 0 aliphatic rings. The lowest BCUT2D eigenvalue weighted by molar-refractivity contribution is -0.116. The summed E-state index contributed by atoms with van der Waals surface area (Å²) < 4.78 is 0. The average Bonchev–Trinajstić information content (AvgIpc) is 2.42. The van der Waals surface area contributed by atoms with Crippen molar-refractivity contribution in [2.75, 3.05) is 5.75 Å². The van der Waals surface area contributed by atoms with Crippen molar-refractivity contribution in [3.05, 3.63) is 63.6 Å². The van der Waals surface area contributed by atoms with E-state index in [0.29, 0.717) is 22.2 Å². The minimum atomic E-state index is 0.175. The number of rotatable bonds is 5. The standard InChI is InChI=1S/C16H14Cl2OS/c1-11-2-5-14(6-3-11)20-10-13(19)8-12-4-7-15(17)16(18)9-12/h2-7,9H,8,10H2,1H3. The summed E-state index contributed by atoms with van der Waals surface area (Å²) in [6, 6.07) is 13.5. The summed E-state index contributed by atoms with van der Waals surface area (Å²) in [5, 5.41) is 1.00. The maximum absolute atomic E-state index is 12.0. The van der Waals surface area contributed by atoms with Crippen molar-refractivity contribution < 1.29 is 4.79 Å². The predicted molar refractivity (Wildman–Crippen MR) is 87.1 cm³/mol. The van der Waals surface area contributed by atoms with Crippen LogP contribution in [-0.4, -0.2) is 11.5 Å². The van der Waals surface area contributed by atoms with Crippen LogP contribution in [0.3, 0.4) is 0 Å². The van der Waals surface area contributed by atoms with Crippen LogP contribution in [0, 0.1) is 6.92 Å². The van der Waals surface area contributed by atoms with E-state index >= 15 is 0 Å². The molecule has 2 aromatic carbocycles. The third kappa shape index (κ3) is 4.55. The van der Waals surface area contributed by atoms with E-state index in [1.165, 1.54) is 5.56 Å². The summed E-state index contributed by atoms with van der Waals surface area (Å²) >= 11 is 13.3. The molecule has 0 aromatic heterocycles. The van der Waals surface area contributed by atoms with Gasteiger partial charge < -0.3 is 0 Å². The van der Waals surface area contributed by atoms with Crippen molar-refractivity contribution in [2.45, 2.75) is 18.2 Å². The third-order valence-electron chi connectivity index (χ3n) is 2.81. The topological polar surface area (TPSA) is 17.1 Å². The fourth-order valence-corrected chi connectivity index (χ4v) is 2.81.